The molecule has 3 heteroatoms. The first-order chi connectivity index (χ1) is 5.66. The molecular weight excluding hydrogens is 193 g/mol. The molecule has 0 amide bonds. The fourth-order valence-electron chi connectivity index (χ4n) is 1.01. The first-order valence-electron chi connectivity index (χ1n) is 3.78. The van der Waals surface area contributed by atoms with Crippen molar-refractivity contribution in [3.8, 4) is 0 Å². The molecule has 0 saturated heterocycles. The third-order valence-corrected chi connectivity index (χ3v) is 2.71. The second-order valence-electron chi connectivity index (χ2n) is 2.65. The molecule has 0 aliphatic heterocycles. The summed E-state index contributed by atoms with van der Waals surface area (Å²) < 4.78 is 0. The second kappa shape index (κ2) is 4.13. The highest BCUT2D eigenvalue weighted by molar-refractivity contribution is 6.42. The van der Waals surface area contributed by atoms with Crippen molar-refractivity contribution in [3.63, 3.8) is 0 Å². The van der Waals surface area contributed by atoms with Crippen molar-refractivity contribution in [2.45, 2.75) is 13.0 Å². The zero-order chi connectivity index (χ0) is 9.14. The van der Waals surface area contributed by atoms with Crippen LogP contribution in [0.3, 0.4) is 0 Å². The molecule has 0 aliphatic carbocycles. The number of hydrogen-bond donors (Lipinski definition) is 1. The smallest absolute Gasteiger partial charge is 0.0639 e. The Kier molecular flexibility index (Phi) is 3.39. The molecule has 1 N–H and O–H groups in total. The van der Waals surface area contributed by atoms with Gasteiger partial charge in [-0.3, -0.25) is 0 Å². The lowest BCUT2D eigenvalue weighted by Gasteiger charge is -2.12. The van der Waals surface area contributed by atoms with Crippen LogP contribution in [0.4, 0.5) is 0 Å². The zero-order valence-corrected chi connectivity index (χ0v) is 8.58. The number of halogens is 2. The van der Waals surface area contributed by atoms with Crippen LogP contribution < -0.4 is 5.32 Å². The molecule has 0 bridgehead atoms. The summed E-state index contributed by atoms with van der Waals surface area (Å²) in [5.41, 5.74) is 1.03. The molecular formula is C9H11Cl2N. The lowest BCUT2D eigenvalue weighted by molar-refractivity contribution is 0.652. The maximum absolute atomic E-state index is 5.99. The summed E-state index contributed by atoms with van der Waals surface area (Å²) in [5, 5.41) is 4.35. The van der Waals surface area contributed by atoms with Crippen molar-refractivity contribution >= 4 is 23.2 Å². The van der Waals surface area contributed by atoms with Crippen LogP contribution in [0.15, 0.2) is 18.2 Å². The maximum atomic E-state index is 5.99. The summed E-state index contributed by atoms with van der Waals surface area (Å²) >= 11 is 11.9. The van der Waals surface area contributed by atoms with Gasteiger partial charge in [0.15, 0.2) is 0 Å². The van der Waals surface area contributed by atoms with Gasteiger partial charge in [-0.15, -0.1) is 0 Å². The van der Waals surface area contributed by atoms with Crippen LogP contribution in [0.5, 0.6) is 0 Å². The Balaban J connectivity index is 3.07. The van der Waals surface area contributed by atoms with Crippen LogP contribution >= 0.6 is 23.2 Å². The SMILES string of the molecule is CN[C@H](C)c1cccc(Cl)c1Cl. The lowest BCUT2D eigenvalue weighted by Crippen LogP contribution is -2.12. The minimum absolute atomic E-state index is 0.233. The van der Waals surface area contributed by atoms with Crippen LogP contribution in [0.1, 0.15) is 18.5 Å². The fraction of sp³-hybridized carbons (Fsp3) is 0.333. The van der Waals surface area contributed by atoms with E-state index in [-0.39, 0.29) is 6.04 Å². The molecule has 0 radical (unpaired) electrons. The van der Waals surface area contributed by atoms with Crippen LogP contribution in [-0.4, -0.2) is 7.05 Å². The lowest BCUT2D eigenvalue weighted by atomic mass is 10.1. The van der Waals surface area contributed by atoms with E-state index in [2.05, 4.69) is 5.32 Å². The first kappa shape index (κ1) is 9.85. The molecule has 1 aromatic rings. The Hall–Kier alpha value is -0.240. The third kappa shape index (κ3) is 1.92. The predicted octanol–water partition coefficient (Wildman–Crippen LogP) is 3.27. The van der Waals surface area contributed by atoms with E-state index >= 15 is 0 Å². The molecule has 0 unspecified atom stereocenters. The van der Waals surface area contributed by atoms with Gasteiger partial charge in [0.2, 0.25) is 0 Å². The Morgan fingerprint density at radius 3 is 2.58 bits per heavy atom. The van der Waals surface area contributed by atoms with Gasteiger partial charge >= 0.3 is 0 Å². The van der Waals surface area contributed by atoms with Gasteiger partial charge in [-0.2, -0.15) is 0 Å². The Bertz CT molecular complexity index is 273. The van der Waals surface area contributed by atoms with Gasteiger partial charge in [0.1, 0.15) is 0 Å². The van der Waals surface area contributed by atoms with Crippen molar-refractivity contribution in [1.82, 2.24) is 5.32 Å². The molecule has 0 fully saturated rings. The normalized spacial score (nSPS) is 13.0. The number of nitrogens with one attached hydrogen (secondary N) is 1. The molecule has 0 aliphatic rings. The van der Waals surface area contributed by atoms with E-state index in [9.17, 15) is 0 Å². The van der Waals surface area contributed by atoms with Gasteiger partial charge in [0, 0.05) is 6.04 Å². The van der Waals surface area contributed by atoms with Gasteiger partial charge in [-0.05, 0) is 25.6 Å². The predicted molar refractivity (Wildman–Crippen MR) is 53.9 cm³/mol. The van der Waals surface area contributed by atoms with Gasteiger partial charge in [0.05, 0.1) is 10.0 Å². The van der Waals surface area contributed by atoms with Crippen LogP contribution in [0, 0.1) is 0 Å². The number of benzene rings is 1. The molecule has 1 aromatic carbocycles. The summed E-state index contributed by atoms with van der Waals surface area (Å²) in [7, 11) is 1.89. The quantitative estimate of drug-likeness (QED) is 0.779. The highest BCUT2D eigenvalue weighted by Gasteiger charge is 2.08. The molecule has 66 valence electrons. The summed E-state index contributed by atoms with van der Waals surface area (Å²) in [5.74, 6) is 0. The largest absolute Gasteiger partial charge is 0.313 e. The zero-order valence-electron chi connectivity index (χ0n) is 7.07. The van der Waals surface area contributed by atoms with Crippen molar-refractivity contribution in [3.05, 3.63) is 33.8 Å². The van der Waals surface area contributed by atoms with Gasteiger partial charge < -0.3 is 5.32 Å². The van der Waals surface area contributed by atoms with Gasteiger partial charge in [0.25, 0.3) is 0 Å². The van der Waals surface area contributed by atoms with E-state index in [1.165, 1.54) is 0 Å². The number of rotatable bonds is 2. The molecule has 0 heterocycles. The third-order valence-electron chi connectivity index (χ3n) is 1.88. The molecule has 1 rings (SSSR count). The van der Waals surface area contributed by atoms with Gasteiger partial charge in [-0.1, -0.05) is 35.3 Å². The molecule has 0 aromatic heterocycles. The molecule has 0 spiro atoms. The summed E-state index contributed by atoms with van der Waals surface area (Å²) in [6, 6.07) is 5.89. The minimum atomic E-state index is 0.233. The van der Waals surface area contributed by atoms with Crippen LogP contribution in [0.2, 0.25) is 10.0 Å². The Labute approximate surface area is 82.7 Å². The first-order valence-corrected chi connectivity index (χ1v) is 4.53. The van der Waals surface area contributed by atoms with E-state index < -0.39 is 0 Å². The Morgan fingerprint density at radius 2 is 2.00 bits per heavy atom. The molecule has 1 nitrogen and oxygen atoms in total. The fourth-order valence-corrected chi connectivity index (χ4v) is 1.48. The second-order valence-corrected chi connectivity index (χ2v) is 3.44. The maximum Gasteiger partial charge on any atom is 0.0639 e. The topological polar surface area (TPSA) is 12.0 Å². The van der Waals surface area contributed by atoms with Gasteiger partial charge in [-0.25, -0.2) is 0 Å². The molecule has 12 heavy (non-hydrogen) atoms. The van der Waals surface area contributed by atoms with Crippen molar-refractivity contribution in [2.75, 3.05) is 7.05 Å². The average Bonchev–Trinajstić information content (AvgIpc) is 2.08. The number of hydrogen-bond acceptors (Lipinski definition) is 1. The highest BCUT2D eigenvalue weighted by atomic mass is 35.5. The monoisotopic (exact) mass is 203 g/mol. The summed E-state index contributed by atoms with van der Waals surface area (Å²) in [6.07, 6.45) is 0. The van der Waals surface area contributed by atoms with Crippen molar-refractivity contribution in [2.24, 2.45) is 0 Å². The van der Waals surface area contributed by atoms with Crippen LogP contribution in [-0.2, 0) is 0 Å². The van der Waals surface area contributed by atoms with Crippen molar-refractivity contribution < 1.29 is 0 Å². The van der Waals surface area contributed by atoms with E-state index in [1.807, 2.05) is 26.1 Å². The standard InChI is InChI=1S/C9H11Cl2N/c1-6(12-2)7-4-3-5-8(10)9(7)11/h3-6,12H,1-2H3/t6-/m1/s1. The van der Waals surface area contributed by atoms with E-state index in [0.29, 0.717) is 10.0 Å². The summed E-state index contributed by atoms with van der Waals surface area (Å²) in [4.78, 5) is 0. The molecule has 1 atom stereocenters. The van der Waals surface area contributed by atoms with E-state index in [0.717, 1.165) is 5.56 Å². The highest BCUT2D eigenvalue weighted by Crippen LogP contribution is 2.29. The minimum Gasteiger partial charge on any atom is -0.313 e. The van der Waals surface area contributed by atoms with Crippen molar-refractivity contribution in [1.29, 1.82) is 0 Å². The van der Waals surface area contributed by atoms with Crippen LogP contribution in [0.25, 0.3) is 0 Å². The molecule has 0 saturated carbocycles. The van der Waals surface area contributed by atoms with E-state index in [1.54, 1.807) is 6.07 Å². The summed E-state index contributed by atoms with van der Waals surface area (Å²) in [6.45, 7) is 2.04. The van der Waals surface area contributed by atoms with E-state index in [4.69, 9.17) is 23.2 Å². The Morgan fingerprint density at radius 1 is 1.33 bits per heavy atom. The average molecular weight is 204 g/mol.